The van der Waals surface area contributed by atoms with Crippen LogP contribution >= 0.6 is 27.3 Å². The van der Waals surface area contributed by atoms with Crippen molar-refractivity contribution in [2.75, 3.05) is 19.8 Å². The Morgan fingerprint density at radius 3 is 2.12 bits per heavy atom. The van der Waals surface area contributed by atoms with Gasteiger partial charge in [0.15, 0.2) is 6.04 Å². The molecule has 0 saturated carbocycles. The second kappa shape index (κ2) is 9.64. The van der Waals surface area contributed by atoms with E-state index in [1.54, 1.807) is 0 Å². The van der Waals surface area contributed by atoms with E-state index in [1.165, 1.54) is 11.3 Å². The van der Waals surface area contributed by atoms with Crippen LogP contribution in [0.5, 0.6) is 0 Å². The Morgan fingerprint density at radius 1 is 1.04 bits per heavy atom. The summed E-state index contributed by atoms with van der Waals surface area (Å²) in [6.07, 6.45) is -0.352. The molecule has 2 rings (SSSR count). The van der Waals surface area contributed by atoms with E-state index < -0.39 is 6.04 Å². The van der Waals surface area contributed by atoms with Crippen LogP contribution in [-0.2, 0) is 14.2 Å². The summed E-state index contributed by atoms with van der Waals surface area (Å²) in [5.41, 5.74) is 0. The molecule has 1 aliphatic rings. The second-order valence-electron chi connectivity index (χ2n) is 5.82. The fourth-order valence-corrected chi connectivity index (χ4v) is 3.93. The predicted octanol–water partition coefficient (Wildman–Crippen LogP) is 4.26. The van der Waals surface area contributed by atoms with E-state index in [2.05, 4.69) is 34.8 Å². The van der Waals surface area contributed by atoms with Crippen molar-refractivity contribution in [2.45, 2.75) is 52.8 Å². The third-order valence-corrected chi connectivity index (χ3v) is 5.24. The monoisotopic (exact) mass is 431 g/mol. The summed E-state index contributed by atoms with van der Waals surface area (Å²) in [6.45, 7) is 11.7. The van der Waals surface area contributed by atoms with Crippen molar-refractivity contribution >= 4 is 39.1 Å². The third kappa shape index (κ3) is 5.01. The summed E-state index contributed by atoms with van der Waals surface area (Å²) >= 11 is 4.94. The Kier molecular flexibility index (Phi) is 7.83. The molecule has 0 fully saturated rings. The van der Waals surface area contributed by atoms with Crippen molar-refractivity contribution in [2.24, 2.45) is 15.9 Å². The van der Waals surface area contributed by atoms with Crippen molar-refractivity contribution in [1.29, 1.82) is 0 Å². The van der Waals surface area contributed by atoms with Crippen molar-refractivity contribution < 1.29 is 14.2 Å². The summed E-state index contributed by atoms with van der Waals surface area (Å²) in [4.78, 5) is 14.2. The van der Waals surface area contributed by atoms with Gasteiger partial charge >= 0.3 is 0 Å². The fraction of sp³-hybridized carbons (Fsp3) is 0.706. The highest BCUT2D eigenvalue weighted by Crippen LogP contribution is 2.32. The molecule has 8 heteroatoms. The second-order valence-corrected chi connectivity index (χ2v) is 7.52. The van der Waals surface area contributed by atoms with Crippen LogP contribution in [0.15, 0.2) is 20.0 Å². The van der Waals surface area contributed by atoms with Crippen LogP contribution in [-0.4, -0.2) is 48.7 Å². The van der Waals surface area contributed by atoms with Gasteiger partial charge in [0.1, 0.15) is 21.8 Å². The Labute approximate surface area is 161 Å². The Hall–Kier alpha value is -0.990. The third-order valence-electron chi connectivity index (χ3n) is 3.62. The van der Waals surface area contributed by atoms with Crippen LogP contribution in [0.1, 0.15) is 45.7 Å². The van der Waals surface area contributed by atoms with Crippen LogP contribution < -0.4 is 0 Å². The van der Waals surface area contributed by atoms with E-state index in [0.29, 0.717) is 31.6 Å². The maximum Gasteiger partial charge on any atom is 0.212 e. The number of thiazole rings is 1. The molecule has 0 bridgehead atoms. The molecule has 2 heterocycles. The number of hydrogen-bond acceptors (Lipinski definition) is 7. The number of rotatable bonds is 7. The average molecular weight is 432 g/mol. The standard InChI is InChI=1S/C17H26BrN3O3S/c1-6-22-14(17-19-11(18)9-25-17)13-16(24-8-3)20-12(10(4)5)15(21-13)23-7-2/h9-10,12-14H,6-8H2,1-5H3/t12-,13+,14+/m1/s1. The molecule has 1 aromatic rings. The minimum absolute atomic E-state index is 0.136. The highest BCUT2D eigenvalue weighted by molar-refractivity contribution is 9.10. The van der Waals surface area contributed by atoms with Gasteiger partial charge in [0.05, 0.1) is 13.2 Å². The first kappa shape index (κ1) is 20.3. The first-order valence-corrected chi connectivity index (χ1v) is 10.3. The minimum Gasteiger partial charge on any atom is -0.480 e. The SMILES string of the molecule is CCOC1=N[C@H](C(C)C)C(OCC)=N[C@H]1[C@H](OCC)c1nc(Br)cs1. The van der Waals surface area contributed by atoms with Crippen LogP contribution in [0.25, 0.3) is 0 Å². The zero-order valence-electron chi connectivity index (χ0n) is 15.4. The zero-order chi connectivity index (χ0) is 18.4. The van der Waals surface area contributed by atoms with Gasteiger partial charge in [-0.25, -0.2) is 15.0 Å². The number of aliphatic imine (C=N–C) groups is 2. The van der Waals surface area contributed by atoms with E-state index in [9.17, 15) is 0 Å². The van der Waals surface area contributed by atoms with Gasteiger partial charge in [0.2, 0.25) is 11.8 Å². The molecule has 0 aromatic carbocycles. The average Bonchev–Trinajstić information content (AvgIpc) is 3.00. The predicted molar refractivity (Wildman–Crippen MR) is 105 cm³/mol. The molecule has 0 saturated heterocycles. The topological polar surface area (TPSA) is 65.3 Å². The lowest BCUT2D eigenvalue weighted by atomic mass is 10.0. The Bertz CT molecular complexity index is 618. The molecule has 0 radical (unpaired) electrons. The molecule has 0 N–H and O–H groups in total. The molecule has 140 valence electrons. The van der Waals surface area contributed by atoms with Gasteiger partial charge in [-0.2, -0.15) is 0 Å². The molecule has 0 amide bonds. The van der Waals surface area contributed by atoms with Gasteiger partial charge < -0.3 is 14.2 Å². The van der Waals surface area contributed by atoms with E-state index in [4.69, 9.17) is 24.2 Å². The summed E-state index contributed by atoms with van der Waals surface area (Å²) in [5.74, 6) is 1.50. The molecule has 1 aromatic heterocycles. The van der Waals surface area contributed by atoms with Gasteiger partial charge in [0.25, 0.3) is 0 Å². The normalized spacial score (nSPS) is 21.7. The van der Waals surface area contributed by atoms with Crippen molar-refractivity contribution in [1.82, 2.24) is 4.98 Å². The van der Waals surface area contributed by atoms with Crippen LogP contribution in [0.4, 0.5) is 0 Å². The number of aromatic nitrogens is 1. The largest absolute Gasteiger partial charge is 0.480 e. The minimum atomic E-state index is -0.394. The molecule has 25 heavy (non-hydrogen) atoms. The van der Waals surface area contributed by atoms with Crippen LogP contribution in [0.3, 0.4) is 0 Å². The molecule has 3 atom stereocenters. The molecule has 1 aliphatic heterocycles. The number of halogens is 1. The molecule has 0 spiro atoms. The fourth-order valence-electron chi connectivity index (χ4n) is 2.58. The summed E-state index contributed by atoms with van der Waals surface area (Å²) in [5, 5.41) is 2.78. The number of nitrogens with zero attached hydrogens (tertiary/aromatic N) is 3. The van der Waals surface area contributed by atoms with Crippen LogP contribution in [0, 0.1) is 5.92 Å². The maximum absolute atomic E-state index is 5.98. The number of ether oxygens (including phenoxy) is 3. The maximum atomic E-state index is 5.98. The molecular formula is C17H26BrN3O3S. The van der Waals surface area contributed by atoms with E-state index >= 15 is 0 Å². The van der Waals surface area contributed by atoms with E-state index in [1.807, 2.05) is 26.2 Å². The molecule has 0 unspecified atom stereocenters. The lowest BCUT2D eigenvalue weighted by Gasteiger charge is -2.31. The lowest BCUT2D eigenvalue weighted by Crippen LogP contribution is -2.41. The quantitative estimate of drug-likeness (QED) is 0.646. The highest BCUT2D eigenvalue weighted by atomic mass is 79.9. The first-order valence-electron chi connectivity index (χ1n) is 8.65. The van der Waals surface area contributed by atoms with Gasteiger partial charge in [-0.15, -0.1) is 11.3 Å². The first-order chi connectivity index (χ1) is 12.0. The van der Waals surface area contributed by atoms with Gasteiger partial charge in [0, 0.05) is 12.0 Å². The highest BCUT2D eigenvalue weighted by Gasteiger charge is 2.38. The van der Waals surface area contributed by atoms with Crippen molar-refractivity contribution in [3.05, 3.63) is 15.0 Å². The Balaban J connectivity index is 2.43. The summed E-state index contributed by atoms with van der Waals surface area (Å²) in [7, 11) is 0. The van der Waals surface area contributed by atoms with Gasteiger partial charge in [-0.1, -0.05) is 13.8 Å². The van der Waals surface area contributed by atoms with Gasteiger partial charge in [-0.3, -0.25) is 0 Å². The van der Waals surface area contributed by atoms with E-state index in [0.717, 1.165) is 9.61 Å². The summed E-state index contributed by atoms with van der Waals surface area (Å²) in [6, 6.07) is -0.530. The van der Waals surface area contributed by atoms with Crippen LogP contribution in [0.2, 0.25) is 0 Å². The molecular weight excluding hydrogens is 406 g/mol. The molecule has 6 nitrogen and oxygen atoms in total. The lowest BCUT2D eigenvalue weighted by molar-refractivity contribution is 0.0507. The van der Waals surface area contributed by atoms with Crippen molar-refractivity contribution in [3.63, 3.8) is 0 Å². The molecule has 0 aliphatic carbocycles. The van der Waals surface area contributed by atoms with Gasteiger partial charge in [-0.05, 0) is 42.6 Å². The van der Waals surface area contributed by atoms with Crippen molar-refractivity contribution in [3.8, 4) is 0 Å². The summed E-state index contributed by atoms with van der Waals surface area (Å²) < 4.78 is 18.4. The zero-order valence-corrected chi connectivity index (χ0v) is 17.8. The Morgan fingerprint density at radius 2 is 1.64 bits per heavy atom. The smallest absolute Gasteiger partial charge is 0.212 e. The number of hydrogen-bond donors (Lipinski definition) is 0. The van der Waals surface area contributed by atoms with E-state index in [-0.39, 0.29) is 18.1 Å².